The summed E-state index contributed by atoms with van der Waals surface area (Å²) in [6.45, 7) is 0. The van der Waals surface area contributed by atoms with Crippen LogP contribution >= 0.6 is 15.9 Å². The van der Waals surface area contributed by atoms with Crippen LogP contribution in [0.1, 0.15) is 0 Å². The Bertz CT molecular complexity index is 895. The molecule has 0 fully saturated rings. The molecule has 0 amide bonds. The maximum Gasteiger partial charge on any atom is 0.147 e. The Hall–Kier alpha value is -1.94. The van der Waals surface area contributed by atoms with Gasteiger partial charge >= 0.3 is 0 Å². The first-order chi connectivity index (χ1) is 8.83. The summed E-state index contributed by atoms with van der Waals surface area (Å²) in [5.74, 6) is 0. The lowest BCUT2D eigenvalue weighted by Gasteiger charge is -2.02. The van der Waals surface area contributed by atoms with Gasteiger partial charge in [-0.3, -0.25) is 4.40 Å². The first-order valence-electron chi connectivity index (χ1n) is 5.63. The van der Waals surface area contributed by atoms with Crippen molar-refractivity contribution in [3.63, 3.8) is 0 Å². The average Bonchev–Trinajstić information content (AvgIpc) is 2.76. The second-order valence-corrected chi connectivity index (χ2v) is 5.13. The molecule has 3 nitrogen and oxygen atoms in total. The summed E-state index contributed by atoms with van der Waals surface area (Å²) in [6, 6.07) is 12.3. The van der Waals surface area contributed by atoms with E-state index >= 15 is 0 Å². The second kappa shape index (κ2) is 3.53. The van der Waals surface area contributed by atoms with Gasteiger partial charge in [-0.2, -0.15) is 0 Å². The highest BCUT2D eigenvalue weighted by Crippen LogP contribution is 2.25. The summed E-state index contributed by atoms with van der Waals surface area (Å²) in [5.41, 5.74) is 3.00. The highest BCUT2D eigenvalue weighted by atomic mass is 79.9. The van der Waals surface area contributed by atoms with Crippen LogP contribution in [-0.4, -0.2) is 14.4 Å². The van der Waals surface area contributed by atoms with Gasteiger partial charge < -0.3 is 0 Å². The van der Waals surface area contributed by atoms with E-state index in [0.717, 1.165) is 32.1 Å². The topological polar surface area (TPSA) is 30.2 Å². The molecule has 4 aromatic rings. The van der Waals surface area contributed by atoms with E-state index in [4.69, 9.17) is 0 Å². The number of hydrogen-bond donors (Lipinski definition) is 0. The molecule has 0 aliphatic heterocycles. The molecule has 0 bridgehead atoms. The highest BCUT2D eigenvalue weighted by Gasteiger charge is 2.07. The maximum atomic E-state index is 4.48. The minimum Gasteiger partial charge on any atom is -0.278 e. The molecule has 18 heavy (non-hydrogen) atoms. The Morgan fingerprint density at radius 1 is 1.00 bits per heavy atom. The fraction of sp³-hybridized carbons (Fsp3) is 0. The molecule has 4 heteroatoms. The molecule has 0 N–H and O–H groups in total. The van der Waals surface area contributed by atoms with E-state index in [9.17, 15) is 0 Å². The third-order valence-electron chi connectivity index (χ3n) is 3.11. The van der Waals surface area contributed by atoms with Gasteiger partial charge in [-0.05, 0) is 36.4 Å². The minimum absolute atomic E-state index is 0.925. The monoisotopic (exact) mass is 297 g/mol. The summed E-state index contributed by atoms with van der Waals surface area (Å²) in [7, 11) is 0. The van der Waals surface area contributed by atoms with Gasteiger partial charge in [0, 0.05) is 27.6 Å². The lowest BCUT2D eigenvalue weighted by Crippen LogP contribution is -1.92. The molecule has 0 aliphatic carbocycles. The molecule has 3 aromatic heterocycles. The lowest BCUT2D eigenvalue weighted by atomic mass is 10.2. The first-order valence-corrected chi connectivity index (χ1v) is 6.43. The SMILES string of the molecule is Brc1ccc2c(c1)cc1ncc3cccnc3n12. The third-order valence-corrected chi connectivity index (χ3v) is 3.60. The van der Waals surface area contributed by atoms with Crippen LogP contribution in [0.3, 0.4) is 0 Å². The van der Waals surface area contributed by atoms with Gasteiger partial charge in [0.2, 0.25) is 0 Å². The van der Waals surface area contributed by atoms with Crippen molar-refractivity contribution in [2.75, 3.05) is 0 Å². The predicted octanol–water partition coefficient (Wildman–Crippen LogP) is 3.80. The first kappa shape index (κ1) is 10.0. The summed E-state index contributed by atoms with van der Waals surface area (Å²) >= 11 is 3.49. The summed E-state index contributed by atoms with van der Waals surface area (Å²) < 4.78 is 3.17. The number of fused-ring (bicyclic) bond motifs is 5. The van der Waals surface area contributed by atoms with Gasteiger partial charge in [-0.25, -0.2) is 9.97 Å². The van der Waals surface area contributed by atoms with Crippen LogP contribution < -0.4 is 0 Å². The minimum atomic E-state index is 0.925. The Kier molecular flexibility index (Phi) is 1.96. The molecule has 0 unspecified atom stereocenters. The van der Waals surface area contributed by atoms with Crippen molar-refractivity contribution < 1.29 is 0 Å². The predicted molar refractivity (Wildman–Crippen MR) is 75.7 cm³/mol. The van der Waals surface area contributed by atoms with Crippen LogP contribution in [0.25, 0.3) is 27.6 Å². The van der Waals surface area contributed by atoms with Crippen molar-refractivity contribution in [1.29, 1.82) is 0 Å². The zero-order valence-corrected chi connectivity index (χ0v) is 10.9. The molecule has 0 spiro atoms. The van der Waals surface area contributed by atoms with Gasteiger partial charge in [-0.15, -0.1) is 0 Å². The molecule has 4 rings (SSSR count). The van der Waals surface area contributed by atoms with Crippen molar-refractivity contribution in [1.82, 2.24) is 14.4 Å². The standard InChI is InChI=1S/C14H8BrN3/c15-11-3-4-12-10(6-11)7-13-17-8-9-2-1-5-16-14(9)18(12)13/h1-8H. The highest BCUT2D eigenvalue weighted by molar-refractivity contribution is 9.10. The number of nitrogens with zero attached hydrogens (tertiary/aromatic N) is 3. The van der Waals surface area contributed by atoms with Crippen LogP contribution in [0, 0.1) is 0 Å². The number of aromatic nitrogens is 3. The quantitative estimate of drug-likeness (QED) is 0.494. The number of hydrogen-bond acceptors (Lipinski definition) is 2. The molecular formula is C14H8BrN3. The maximum absolute atomic E-state index is 4.48. The van der Waals surface area contributed by atoms with E-state index in [1.807, 2.05) is 30.6 Å². The molecule has 0 saturated carbocycles. The summed E-state index contributed by atoms with van der Waals surface area (Å²) in [5, 5.41) is 2.21. The van der Waals surface area contributed by atoms with Crippen LogP contribution in [0.5, 0.6) is 0 Å². The van der Waals surface area contributed by atoms with Crippen molar-refractivity contribution in [2.45, 2.75) is 0 Å². The van der Waals surface area contributed by atoms with Gasteiger partial charge in [0.15, 0.2) is 0 Å². The van der Waals surface area contributed by atoms with Gasteiger partial charge in [0.05, 0.1) is 5.52 Å². The van der Waals surface area contributed by atoms with Crippen molar-refractivity contribution in [3.8, 4) is 0 Å². The molecule has 0 radical (unpaired) electrons. The number of benzene rings is 1. The molecule has 0 atom stereocenters. The fourth-order valence-corrected chi connectivity index (χ4v) is 2.70. The number of pyridine rings is 1. The van der Waals surface area contributed by atoms with E-state index in [0.29, 0.717) is 0 Å². The molecule has 1 aromatic carbocycles. The second-order valence-electron chi connectivity index (χ2n) is 4.22. The lowest BCUT2D eigenvalue weighted by molar-refractivity contribution is 1.18. The molecule has 0 saturated heterocycles. The largest absolute Gasteiger partial charge is 0.278 e. The van der Waals surface area contributed by atoms with Crippen molar-refractivity contribution >= 4 is 43.5 Å². The van der Waals surface area contributed by atoms with Crippen molar-refractivity contribution in [2.24, 2.45) is 0 Å². The van der Waals surface area contributed by atoms with E-state index in [1.54, 1.807) is 0 Å². The molecule has 0 aliphatic rings. The molecular weight excluding hydrogens is 290 g/mol. The number of rotatable bonds is 0. The molecule has 3 heterocycles. The zero-order chi connectivity index (χ0) is 12.1. The Balaban J connectivity index is 2.33. The van der Waals surface area contributed by atoms with E-state index in [1.165, 1.54) is 0 Å². The van der Waals surface area contributed by atoms with Gasteiger partial charge in [0.1, 0.15) is 11.3 Å². The third kappa shape index (κ3) is 1.29. The van der Waals surface area contributed by atoms with E-state index in [2.05, 4.69) is 48.5 Å². The van der Waals surface area contributed by atoms with Gasteiger partial charge in [-0.1, -0.05) is 15.9 Å². The van der Waals surface area contributed by atoms with Crippen LogP contribution in [0.4, 0.5) is 0 Å². The fourth-order valence-electron chi connectivity index (χ4n) is 2.32. The average molecular weight is 298 g/mol. The smallest absolute Gasteiger partial charge is 0.147 e. The normalized spacial score (nSPS) is 11.6. The Morgan fingerprint density at radius 3 is 2.89 bits per heavy atom. The van der Waals surface area contributed by atoms with Crippen LogP contribution in [-0.2, 0) is 0 Å². The van der Waals surface area contributed by atoms with Crippen LogP contribution in [0.15, 0.2) is 53.3 Å². The number of halogens is 1. The zero-order valence-electron chi connectivity index (χ0n) is 9.34. The Labute approximate surface area is 111 Å². The summed E-state index contributed by atoms with van der Waals surface area (Å²) in [4.78, 5) is 8.95. The Morgan fingerprint density at radius 2 is 1.94 bits per heavy atom. The van der Waals surface area contributed by atoms with E-state index in [-0.39, 0.29) is 0 Å². The summed E-state index contributed by atoms with van der Waals surface area (Å²) in [6.07, 6.45) is 3.68. The van der Waals surface area contributed by atoms with Crippen molar-refractivity contribution in [3.05, 3.63) is 53.3 Å². The molecule has 86 valence electrons. The van der Waals surface area contributed by atoms with Gasteiger partial charge in [0.25, 0.3) is 0 Å². The van der Waals surface area contributed by atoms with Crippen LogP contribution in [0.2, 0.25) is 0 Å². The van der Waals surface area contributed by atoms with E-state index < -0.39 is 0 Å².